The molecule has 10 heteroatoms. The fourth-order valence-electron chi connectivity index (χ4n) is 12.7. The number of hydrogen-bond donors (Lipinski definition) is 2. The summed E-state index contributed by atoms with van der Waals surface area (Å²) in [5.74, 6) is 2.18. The minimum atomic E-state index is -0.842. The van der Waals surface area contributed by atoms with Crippen LogP contribution in [0.1, 0.15) is 192 Å². The van der Waals surface area contributed by atoms with Crippen molar-refractivity contribution in [3.8, 4) is 0 Å². The summed E-state index contributed by atoms with van der Waals surface area (Å²) in [5, 5.41) is 21.3. The fourth-order valence-corrected chi connectivity index (χ4v) is 12.7. The van der Waals surface area contributed by atoms with Gasteiger partial charge >= 0.3 is 23.9 Å². The van der Waals surface area contributed by atoms with Crippen molar-refractivity contribution < 1.29 is 48.3 Å². The third-order valence-electron chi connectivity index (χ3n) is 16.9. The Morgan fingerprint density at radius 2 is 1.14 bits per heavy atom. The molecule has 5 unspecified atom stereocenters. The number of carbonyl (C=O) groups excluding carboxylic acids is 4. The summed E-state index contributed by atoms with van der Waals surface area (Å²) in [6.07, 6.45) is 16.3. The number of ether oxygens (including phenoxy) is 4. The highest BCUT2D eigenvalue weighted by Gasteiger charge is 2.65. The molecule has 1 saturated heterocycles. The highest BCUT2D eigenvalue weighted by Crippen LogP contribution is 2.65. The average Bonchev–Trinajstić information content (AvgIpc) is 3.67. The van der Waals surface area contributed by atoms with Crippen LogP contribution in [-0.2, 0) is 38.1 Å². The normalized spacial score (nSPS) is 39.5. The fraction of sp³-hybridized carbons (Fsp3) is 0.917. The summed E-state index contributed by atoms with van der Waals surface area (Å²) >= 11 is 0. The van der Waals surface area contributed by atoms with Gasteiger partial charge in [0.25, 0.3) is 0 Å². The molecule has 5 atom stereocenters. The summed E-state index contributed by atoms with van der Waals surface area (Å²) in [4.78, 5) is 48.6. The summed E-state index contributed by atoms with van der Waals surface area (Å²) in [6.45, 7) is 21.8. The van der Waals surface area contributed by atoms with Crippen LogP contribution in [0.2, 0.25) is 0 Å². The zero-order valence-corrected chi connectivity index (χ0v) is 37.9. The number of esters is 4. The Morgan fingerprint density at radius 3 is 1.62 bits per heavy atom. The van der Waals surface area contributed by atoms with Crippen molar-refractivity contribution >= 4 is 23.9 Å². The summed E-state index contributed by atoms with van der Waals surface area (Å²) in [6, 6.07) is 0. The molecule has 0 amide bonds. The minimum Gasteiger partial charge on any atom is -0.459 e. The molecule has 1 heterocycles. The molecule has 0 aromatic heterocycles. The molecular weight excluding hydrogens is 737 g/mol. The molecule has 0 aromatic carbocycles. The lowest BCUT2D eigenvalue weighted by atomic mass is 9.46. The molecular formula is C48H78O10. The van der Waals surface area contributed by atoms with Crippen molar-refractivity contribution in [2.45, 2.75) is 226 Å². The topological polar surface area (TPSA) is 146 Å². The van der Waals surface area contributed by atoms with Crippen LogP contribution in [0.4, 0.5) is 0 Å². The van der Waals surface area contributed by atoms with Crippen molar-refractivity contribution in [1.82, 2.24) is 0 Å². The Labute approximate surface area is 349 Å². The molecule has 10 aliphatic rings. The van der Waals surface area contributed by atoms with Crippen LogP contribution in [0.3, 0.4) is 0 Å². The number of carbonyl (C=O) groups is 4. The maximum atomic E-state index is 12.6. The molecule has 58 heavy (non-hydrogen) atoms. The van der Waals surface area contributed by atoms with Crippen LogP contribution in [-0.4, -0.2) is 68.7 Å². The lowest BCUT2D eigenvalue weighted by molar-refractivity contribution is -0.264. The van der Waals surface area contributed by atoms with E-state index in [9.17, 15) is 29.4 Å². The molecule has 10 rings (SSSR count). The van der Waals surface area contributed by atoms with E-state index in [0.29, 0.717) is 25.7 Å². The molecule has 1 aliphatic heterocycles. The van der Waals surface area contributed by atoms with E-state index < -0.39 is 33.7 Å². The Kier molecular flexibility index (Phi) is 12.2. The van der Waals surface area contributed by atoms with Gasteiger partial charge in [0.15, 0.2) is 0 Å². The first-order chi connectivity index (χ1) is 26.7. The van der Waals surface area contributed by atoms with E-state index in [1.807, 2.05) is 55.4 Å². The molecule has 0 radical (unpaired) electrons. The smallest absolute Gasteiger partial charge is 0.348 e. The maximum absolute atomic E-state index is 12.6. The average molecular weight is 815 g/mol. The van der Waals surface area contributed by atoms with Crippen molar-refractivity contribution in [3.63, 3.8) is 0 Å². The van der Waals surface area contributed by atoms with Gasteiger partial charge in [-0.15, -0.1) is 0 Å². The van der Waals surface area contributed by atoms with E-state index in [0.717, 1.165) is 69.1 Å². The molecule has 8 bridgehead atoms. The molecule has 0 spiro atoms. The second-order valence-electron chi connectivity index (χ2n) is 23.2. The van der Waals surface area contributed by atoms with Gasteiger partial charge in [-0.3, -0.25) is 14.4 Å². The molecule has 10 fully saturated rings. The zero-order chi connectivity index (χ0) is 42.9. The lowest BCUT2D eigenvalue weighted by Gasteiger charge is -2.62. The van der Waals surface area contributed by atoms with E-state index in [4.69, 9.17) is 18.9 Å². The SMILES string of the molecule is CCC(C)(C)C(=O)OC(C)(C)C12CC3CC(CC(C3)C1)C2.CCC(C)(C)C(=O)OC12CC3CC(O)(CC(O)(C3)C1)C2.CCC(C)(C)C(=O)OC1C(=O)OC2CCCC21. The Morgan fingerprint density at radius 1 is 0.655 bits per heavy atom. The number of rotatable bonds is 10. The molecule has 2 N–H and O–H groups in total. The van der Waals surface area contributed by atoms with Gasteiger partial charge in [0.1, 0.15) is 17.3 Å². The molecule has 0 aromatic rings. The van der Waals surface area contributed by atoms with Gasteiger partial charge < -0.3 is 29.2 Å². The van der Waals surface area contributed by atoms with Gasteiger partial charge in [0, 0.05) is 30.6 Å². The van der Waals surface area contributed by atoms with Crippen LogP contribution >= 0.6 is 0 Å². The monoisotopic (exact) mass is 815 g/mol. The second-order valence-corrected chi connectivity index (χ2v) is 23.2. The molecule has 330 valence electrons. The van der Waals surface area contributed by atoms with Gasteiger partial charge in [0.2, 0.25) is 6.10 Å². The van der Waals surface area contributed by atoms with Crippen LogP contribution < -0.4 is 0 Å². The molecule has 10 nitrogen and oxygen atoms in total. The minimum absolute atomic E-state index is 0.00857. The predicted molar refractivity (Wildman–Crippen MR) is 220 cm³/mol. The summed E-state index contributed by atoms with van der Waals surface area (Å²) < 4.78 is 22.6. The van der Waals surface area contributed by atoms with E-state index in [1.165, 1.54) is 38.5 Å². The summed E-state index contributed by atoms with van der Waals surface area (Å²) in [7, 11) is 0. The van der Waals surface area contributed by atoms with E-state index in [1.54, 1.807) is 0 Å². The second kappa shape index (κ2) is 15.6. The first-order valence-corrected chi connectivity index (χ1v) is 23.1. The molecule has 9 aliphatic carbocycles. The van der Waals surface area contributed by atoms with Crippen molar-refractivity contribution in [1.29, 1.82) is 0 Å². The van der Waals surface area contributed by atoms with Gasteiger partial charge in [-0.2, -0.15) is 0 Å². The highest BCUT2D eigenvalue weighted by molar-refractivity contribution is 5.83. The van der Waals surface area contributed by atoms with E-state index in [-0.39, 0.29) is 58.2 Å². The number of fused-ring (bicyclic) bond motifs is 1. The van der Waals surface area contributed by atoms with Crippen LogP contribution in [0.15, 0.2) is 0 Å². The first-order valence-electron chi connectivity index (χ1n) is 23.1. The summed E-state index contributed by atoms with van der Waals surface area (Å²) in [5.41, 5.74) is -3.79. The molecule has 9 saturated carbocycles. The van der Waals surface area contributed by atoms with E-state index in [2.05, 4.69) is 20.8 Å². The Hall–Kier alpha value is -2.20. The number of aliphatic hydroxyl groups is 2. The lowest BCUT2D eigenvalue weighted by Crippen LogP contribution is -2.67. The third-order valence-corrected chi connectivity index (χ3v) is 16.9. The predicted octanol–water partition coefficient (Wildman–Crippen LogP) is 9.19. The Balaban J connectivity index is 0.000000148. The van der Waals surface area contributed by atoms with Gasteiger partial charge in [-0.05, 0) is 175 Å². The van der Waals surface area contributed by atoms with Gasteiger partial charge in [-0.1, -0.05) is 20.8 Å². The van der Waals surface area contributed by atoms with Crippen molar-refractivity contribution in [2.24, 2.45) is 51.2 Å². The third kappa shape index (κ3) is 8.90. The van der Waals surface area contributed by atoms with Crippen molar-refractivity contribution in [3.05, 3.63) is 0 Å². The zero-order valence-electron chi connectivity index (χ0n) is 37.9. The maximum Gasteiger partial charge on any atom is 0.348 e. The largest absolute Gasteiger partial charge is 0.459 e. The van der Waals surface area contributed by atoms with Crippen LogP contribution in [0, 0.1) is 51.2 Å². The standard InChI is InChI=1S/C19H32O2.C16H26O4.C13H20O4/c1-6-17(2,3)16(20)21-18(4,5)19-10-13-7-14(11-19)9-15(8-13)12-19;1-4-13(2,3)12(17)20-16-7-11-5-14(18,9-16)8-15(19,6-11)10-16;1-4-13(2,3)12(15)17-10-8-6-5-7-9(8)16-11(10)14/h13-15H,6-12H2,1-5H3;11,18-19H,4-10H2,1-3H3;8-10H,4-7H2,1-3H3. The first kappa shape index (κ1) is 45.3. The van der Waals surface area contributed by atoms with Crippen molar-refractivity contribution in [2.75, 3.05) is 0 Å². The van der Waals surface area contributed by atoms with Crippen LogP contribution in [0.5, 0.6) is 0 Å². The van der Waals surface area contributed by atoms with Gasteiger partial charge in [-0.25, -0.2) is 4.79 Å². The van der Waals surface area contributed by atoms with Crippen LogP contribution in [0.25, 0.3) is 0 Å². The quantitative estimate of drug-likeness (QED) is 0.162. The number of hydrogen-bond acceptors (Lipinski definition) is 10. The highest BCUT2D eigenvalue weighted by atomic mass is 16.6. The Bertz CT molecular complexity index is 1520. The van der Waals surface area contributed by atoms with E-state index >= 15 is 0 Å². The van der Waals surface area contributed by atoms with Gasteiger partial charge in [0.05, 0.1) is 27.4 Å².